The van der Waals surface area contributed by atoms with Gasteiger partial charge in [-0.15, -0.1) is 0 Å². The fourth-order valence-electron chi connectivity index (χ4n) is 2.12. The number of carbonyl (C=O) groups is 1. The monoisotopic (exact) mass is 304 g/mol. The molecule has 0 aliphatic carbocycles. The summed E-state index contributed by atoms with van der Waals surface area (Å²) in [6, 6.07) is 8.76. The van der Waals surface area contributed by atoms with Crippen molar-refractivity contribution in [2.45, 2.75) is 26.8 Å². The van der Waals surface area contributed by atoms with Crippen molar-refractivity contribution >= 4 is 22.2 Å². The Morgan fingerprint density at radius 1 is 1.29 bits per heavy atom. The van der Waals surface area contributed by atoms with Crippen molar-refractivity contribution in [2.24, 2.45) is 0 Å². The molecule has 110 valence electrons. The lowest BCUT2D eigenvalue weighted by atomic mass is 10.00. The van der Waals surface area contributed by atoms with Crippen molar-refractivity contribution in [1.82, 2.24) is 5.32 Å². The molecule has 21 heavy (non-hydrogen) atoms. The molecule has 1 amide bonds. The lowest BCUT2D eigenvalue weighted by Gasteiger charge is -2.16. The van der Waals surface area contributed by atoms with Crippen molar-refractivity contribution < 1.29 is 9.72 Å². The molecule has 6 heteroatoms. The van der Waals surface area contributed by atoms with Gasteiger partial charge in [0, 0.05) is 6.07 Å². The molecule has 0 saturated heterocycles. The number of benzene rings is 1. The molecule has 0 aliphatic heterocycles. The van der Waals surface area contributed by atoms with E-state index in [-0.39, 0.29) is 17.0 Å². The molecule has 1 atom stereocenters. The fourth-order valence-corrected chi connectivity index (χ4v) is 2.84. The van der Waals surface area contributed by atoms with Crippen LogP contribution in [0.4, 0.5) is 5.00 Å². The Labute approximate surface area is 126 Å². The summed E-state index contributed by atoms with van der Waals surface area (Å²) in [4.78, 5) is 22.6. The molecule has 1 aromatic carbocycles. The van der Waals surface area contributed by atoms with Gasteiger partial charge in [0.15, 0.2) is 0 Å². The van der Waals surface area contributed by atoms with E-state index >= 15 is 0 Å². The van der Waals surface area contributed by atoms with Crippen LogP contribution in [0.1, 0.15) is 39.3 Å². The number of nitrogens with one attached hydrogen (secondary N) is 1. The third kappa shape index (κ3) is 3.46. The van der Waals surface area contributed by atoms with Gasteiger partial charge >= 0.3 is 5.00 Å². The highest BCUT2D eigenvalue weighted by molar-refractivity contribution is 7.17. The molecular weight excluding hydrogens is 288 g/mol. The Kier molecular flexibility index (Phi) is 4.37. The summed E-state index contributed by atoms with van der Waals surface area (Å²) in [5.41, 5.74) is 3.28. The van der Waals surface area contributed by atoms with Gasteiger partial charge in [-0.3, -0.25) is 14.9 Å². The molecular formula is C15H16N2O3S. The van der Waals surface area contributed by atoms with Gasteiger partial charge in [-0.25, -0.2) is 0 Å². The number of carbonyl (C=O) groups excluding carboxylic acids is 1. The molecule has 1 heterocycles. The summed E-state index contributed by atoms with van der Waals surface area (Å²) in [7, 11) is 0. The van der Waals surface area contributed by atoms with Crippen molar-refractivity contribution in [3.8, 4) is 0 Å². The first-order valence-corrected chi connectivity index (χ1v) is 7.32. The van der Waals surface area contributed by atoms with E-state index in [4.69, 9.17) is 0 Å². The van der Waals surface area contributed by atoms with E-state index in [1.165, 1.54) is 12.1 Å². The Morgan fingerprint density at radius 2 is 2.00 bits per heavy atom. The second-order valence-electron chi connectivity index (χ2n) is 4.95. The average molecular weight is 304 g/mol. The van der Waals surface area contributed by atoms with E-state index in [2.05, 4.69) is 5.32 Å². The molecule has 1 N–H and O–H groups in total. The largest absolute Gasteiger partial charge is 0.345 e. The molecule has 5 nitrogen and oxygen atoms in total. The number of rotatable bonds is 4. The zero-order valence-electron chi connectivity index (χ0n) is 12.0. The van der Waals surface area contributed by atoms with Crippen LogP contribution in [0.25, 0.3) is 0 Å². The topological polar surface area (TPSA) is 72.2 Å². The maximum absolute atomic E-state index is 12.1. The number of nitro groups is 1. The fraction of sp³-hybridized carbons (Fsp3) is 0.267. The van der Waals surface area contributed by atoms with Crippen LogP contribution < -0.4 is 5.32 Å². The number of hydrogen-bond acceptors (Lipinski definition) is 4. The van der Waals surface area contributed by atoms with Gasteiger partial charge in [-0.05, 0) is 38.0 Å². The highest BCUT2D eigenvalue weighted by atomic mass is 32.1. The molecule has 0 bridgehead atoms. The van der Waals surface area contributed by atoms with Gasteiger partial charge in [0.05, 0.1) is 15.8 Å². The molecule has 2 aromatic rings. The summed E-state index contributed by atoms with van der Waals surface area (Å²) in [5, 5.41) is 13.5. The van der Waals surface area contributed by atoms with E-state index in [0.717, 1.165) is 28.0 Å². The Morgan fingerprint density at radius 3 is 2.62 bits per heavy atom. The molecule has 0 radical (unpaired) electrons. The van der Waals surface area contributed by atoms with Crippen molar-refractivity contribution in [1.29, 1.82) is 0 Å². The molecule has 0 fully saturated rings. The van der Waals surface area contributed by atoms with Crippen LogP contribution in [0.2, 0.25) is 0 Å². The Balaban J connectivity index is 2.14. The molecule has 0 aliphatic rings. The Hall–Kier alpha value is -2.21. The maximum Gasteiger partial charge on any atom is 0.324 e. The zero-order valence-corrected chi connectivity index (χ0v) is 12.9. The summed E-state index contributed by atoms with van der Waals surface area (Å²) >= 11 is 0.882. The van der Waals surface area contributed by atoms with Gasteiger partial charge in [-0.2, -0.15) is 0 Å². The van der Waals surface area contributed by atoms with Crippen molar-refractivity contribution in [3.63, 3.8) is 0 Å². The number of amides is 1. The number of hydrogen-bond donors (Lipinski definition) is 1. The van der Waals surface area contributed by atoms with Gasteiger partial charge in [0.2, 0.25) is 0 Å². The van der Waals surface area contributed by atoms with E-state index in [0.29, 0.717) is 4.88 Å². The highest BCUT2D eigenvalue weighted by Gasteiger charge is 2.18. The van der Waals surface area contributed by atoms with Crippen LogP contribution in [0.3, 0.4) is 0 Å². The predicted molar refractivity (Wildman–Crippen MR) is 82.8 cm³/mol. The minimum Gasteiger partial charge on any atom is -0.345 e. The third-order valence-electron chi connectivity index (χ3n) is 3.24. The maximum atomic E-state index is 12.1. The first-order chi connectivity index (χ1) is 9.88. The van der Waals surface area contributed by atoms with Crippen LogP contribution in [-0.2, 0) is 0 Å². The first kappa shape index (κ1) is 15.2. The minimum atomic E-state index is -0.490. The predicted octanol–water partition coefficient (Wildman–Crippen LogP) is 3.76. The molecule has 1 unspecified atom stereocenters. The van der Waals surface area contributed by atoms with E-state index in [9.17, 15) is 14.9 Å². The normalized spacial score (nSPS) is 12.0. The van der Waals surface area contributed by atoms with Crippen molar-refractivity contribution in [3.05, 3.63) is 62.0 Å². The van der Waals surface area contributed by atoms with Crippen LogP contribution in [-0.4, -0.2) is 10.8 Å². The molecule has 1 aromatic heterocycles. The van der Waals surface area contributed by atoms with E-state index in [1.807, 2.05) is 39.0 Å². The van der Waals surface area contributed by atoms with Crippen LogP contribution in [0.5, 0.6) is 0 Å². The summed E-state index contributed by atoms with van der Waals surface area (Å²) in [5.74, 6) is -0.290. The average Bonchev–Trinajstić information content (AvgIpc) is 2.91. The van der Waals surface area contributed by atoms with E-state index < -0.39 is 4.92 Å². The third-order valence-corrected chi connectivity index (χ3v) is 4.28. The number of aryl methyl sites for hydroxylation is 2. The van der Waals surface area contributed by atoms with Gasteiger partial charge < -0.3 is 5.32 Å². The minimum absolute atomic E-state index is 0.0282. The van der Waals surface area contributed by atoms with Gasteiger partial charge in [-0.1, -0.05) is 35.1 Å². The summed E-state index contributed by atoms with van der Waals surface area (Å²) < 4.78 is 0. The molecule has 0 spiro atoms. The second-order valence-corrected chi connectivity index (χ2v) is 6.01. The quantitative estimate of drug-likeness (QED) is 0.690. The van der Waals surface area contributed by atoms with Crippen LogP contribution in [0.15, 0.2) is 30.3 Å². The van der Waals surface area contributed by atoms with E-state index in [1.54, 1.807) is 0 Å². The van der Waals surface area contributed by atoms with Gasteiger partial charge in [0.1, 0.15) is 0 Å². The Bertz CT molecular complexity index is 694. The van der Waals surface area contributed by atoms with Crippen LogP contribution in [0, 0.1) is 24.0 Å². The smallest absolute Gasteiger partial charge is 0.324 e. The number of thiophene rings is 1. The summed E-state index contributed by atoms with van der Waals surface area (Å²) in [6.07, 6.45) is 0. The lowest BCUT2D eigenvalue weighted by Crippen LogP contribution is -2.26. The summed E-state index contributed by atoms with van der Waals surface area (Å²) in [6.45, 7) is 5.90. The lowest BCUT2D eigenvalue weighted by molar-refractivity contribution is -0.380. The number of nitrogens with zero attached hydrogens (tertiary/aromatic N) is 1. The first-order valence-electron chi connectivity index (χ1n) is 6.50. The SMILES string of the molecule is Cc1ccc(C)c(C(C)NC(=O)c2ccc([N+](=O)[O-])s2)c1. The second kappa shape index (κ2) is 6.05. The molecule has 2 rings (SSSR count). The van der Waals surface area contributed by atoms with Crippen LogP contribution >= 0.6 is 11.3 Å². The van der Waals surface area contributed by atoms with Gasteiger partial charge in [0.25, 0.3) is 5.91 Å². The highest BCUT2D eigenvalue weighted by Crippen LogP contribution is 2.25. The zero-order chi connectivity index (χ0) is 15.6. The molecule has 0 saturated carbocycles. The van der Waals surface area contributed by atoms with Crippen molar-refractivity contribution in [2.75, 3.05) is 0 Å². The standard InChI is InChI=1S/C15H16N2O3S/c1-9-4-5-10(2)12(8-9)11(3)16-15(18)13-6-7-14(21-13)17(19)20/h4-8,11H,1-3H3,(H,16,18).